The van der Waals surface area contributed by atoms with Crippen molar-refractivity contribution in [2.24, 2.45) is 0 Å². The third kappa shape index (κ3) is 3.27. The van der Waals surface area contributed by atoms with Gasteiger partial charge in [0.15, 0.2) is 0 Å². The standard InChI is InChI=1S/C8H16ClNO2/c1-11-7-8-6-10(3-2-9)4-5-12-8/h8H,2-7H2,1H3. The zero-order valence-corrected chi connectivity index (χ0v) is 8.22. The van der Waals surface area contributed by atoms with Crippen LogP contribution in [0.25, 0.3) is 0 Å². The van der Waals surface area contributed by atoms with E-state index in [9.17, 15) is 0 Å². The highest BCUT2D eigenvalue weighted by Gasteiger charge is 2.19. The van der Waals surface area contributed by atoms with Crippen LogP contribution >= 0.6 is 11.6 Å². The van der Waals surface area contributed by atoms with E-state index in [4.69, 9.17) is 21.1 Å². The maximum atomic E-state index is 5.65. The van der Waals surface area contributed by atoms with E-state index >= 15 is 0 Å². The Kier molecular flexibility index (Phi) is 4.92. The lowest BCUT2D eigenvalue weighted by atomic mass is 10.3. The third-order valence-electron chi connectivity index (χ3n) is 1.98. The van der Waals surface area contributed by atoms with Gasteiger partial charge in [0.1, 0.15) is 0 Å². The van der Waals surface area contributed by atoms with Crippen molar-refractivity contribution in [3.05, 3.63) is 0 Å². The maximum Gasteiger partial charge on any atom is 0.0935 e. The quantitative estimate of drug-likeness (QED) is 0.610. The van der Waals surface area contributed by atoms with Gasteiger partial charge in [0.05, 0.1) is 19.3 Å². The monoisotopic (exact) mass is 193 g/mol. The summed E-state index contributed by atoms with van der Waals surface area (Å²) in [5.74, 6) is 0.694. The summed E-state index contributed by atoms with van der Waals surface area (Å²) in [5, 5.41) is 0. The van der Waals surface area contributed by atoms with Crippen LogP contribution in [0.2, 0.25) is 0 Å². The first-order chi connectivity index (χ1) is 5.86. The fourth-order valence-corrected chi connectivity index (χ4v) is 1.63. The van der Waals surface area contributed by atoms with Crippen LogP contribution in [-0.2, 0) is 9.47 Å². The Bertz CT molecular complexity index is 108. The SMILES string of the molecule is COCC1CN(CCCl)CCO1. The molecule has 0 amide bonds. The van der Waals surface area contributed by atoms with Crippen LogP contribution in [0.3, 0.4) is 0 Å². The molecule has 12 heavy (non-hydrogen) atoms. The molecule has 0 saturated carbocycles. The van der Waals surface area contributed by atoms with Gasteiger partial charge >= 0.3 is 0 Å². The Labute approximate surface area is 78.6 Å². The van der Waals surface area contributed by atoms with Crippen molar-refractivity contribution in [1.82, 2.24) is 4.90 Å². The molecule has 72 valence electrons. The van der Waals surface area contributed by atoms with Crippen molar-refractivity contribution in [2.75, 3.05) is 45.8 Å². The van der Waals surface area contributed by atoms with E-state index in [0.717, 1.165) is 26.2 Å². The lowest BCUT2D eigenvalue weighted by Crippen LogP contribution is -2.44. The van der Waals surface area contributed by atoms with E-state index < -0.39 is 0 Å². The number of halogens is 1. The highest BCUT2D eigenvalue weighted by atomic mass is 35.5. The molecule has 1 unspecified atom stereocenters. The van der Waals surface area contributed by atoms with Gasteiger partial charge < -0.3 is 9.47 Å². The highest BCUT2D eigenvalue weighted by molar-refractivity contribution is 6.18. The summed E-state index contributed by atoms with van der Waals surface area (Å²) < 4.78 is 10.5. The van der Waals surface area contributed by atoms with Gasteiger partial charge in [0.25, 0.3) is 0 Å². The molecular weight excluding hydrogens is 178 g/mol. The second kappa shape index (κ2) is 5.75. The van der Waals surface area contributed by atoms with Gasteiger partial charge in [-0.3, -0.25) is 4.90 Å². The molecule has 3 nitrogen and oxygen atoms in total. The zero-order chi connectivity index (χ0) is 8.81. The minimum atomic E-state index is 0.229. The van der Waals surface area contributed by atoms with Gasteiger partial charge in [0, 0.05) is 32.6 Å². The van der Waals surface area contributed by atoms with Gasteiger partial charge in [0.2, 0.25) is 0 Å². The topological polar surface area (TPSA) is 21.7 Å². The third-order valence-corrected chi connectivity index (χ3v) is 2.15. The van der Waals surface area contributed by atoms with E-state index in [-0.39, 0.29) is 6.10 Å². The van der Waals surface area contributed by atoms with Crippen molar-refractivity contribution in [1.29, 1.82) is 0 Å². The summed E-state index contributed by atoms with van der Waals surface area (Å²) in [6, 6.07) is 0. The second-order valence-corrected chi connectivity index (χ2v) is 3.32. The number of methoxy groups -OCH3 is 1. The molecule has 0 spiro atoms. The van der Waals surface area contributed by atoms with Crippen LogP contribution in [0.1, 0.15) is 0 Å². The van der Waals surface area contributed by atoms with E-state index in [2.05, 4.69) is 4.90 Å². The average Bonchev–Trinajstić information content (AvgIpc) is 2.06. The first-order valence-corrected chi connectivity index (χ1v) is 4.79. The molecular formula is C8H16ClNO2. The first kappa shape index (κ1) is 10.3. The number of morpholine rings is 1. The van der Waals surface area contributed by atoms with Crippen LogP contribution in [0.4, 0.5) is 0 Å². The largest absolute Gasteiger partial charge is 0.382 e. The Morgan fingerprint density at radius 2 is 2.50 bits per heavy atom. The van der Waals surface area contributed by atoms with Crippen molar-refractivity contribution in [3.8, 4) is 0 Å². The number of hydrogen-bond acceptors (Lipinski definition) is 3. The van der Waals surface area contributed by atoms with E-state index in [1.807, 2.05) is 0 Å². The zero-order valence-electron chi connectivity index (χ0n) is 7.46. The highest BCUT2D eigenvalue weighted by Crippen LogP contribution is 2.05. The molecule has 1 rings (SSSR count). The van der Waals surface area contributed by atoms with Crippen molar-refractivity contribution < 1.29 is 9.47 Å². The Balaban J connectivity index is 2.20. The van der Waals surface area contributed by atoms with Crippen molar-refractivity contribution in [3.63, 3.8) is 0 Å². The molecule has 1 heterocycles. The van der Waals surface area contributed by atoms with Gasteiger partial charge in [-0.15, -0.1) is 11.6 Å². The molecule has 1 fully saturated rings. The molecule has 1 aliphatic rings. The van der Waals surface area contributed by atoms with Gasteiger partial charge in [-0.2, -0.15) is 0 Å². The maximum absolute atomic E-state index is 5.65. The Hall–Kier alpha value is 0.170. The molecule has 1 aliphatic heterocycles. The van der Waals surface area contributed by atoms with Gasteiger partial charge in [-0.05, 0) is 0 Å². The normalized spacial score (nSPS) is 26.0. The van der Waals surface area contributed by atoms with Crippen LogP contribution in [0.5, 0.6) is 0 Å². The number of alkyl halides is 1. The van der Waals surface area contributed by atoms with Crippen molar-refractivity contribution >= 4 is 11.6 Å². The molecule has 0 N–H and O–H groups in total. The Morgan fingerprint density at radius 1 is 1.67 bits per heavy atom. The summed E-state index contributed by atoms with van der Waals surface area (Å²) in [7, 11) is 1.70. The van der Waals surface area contributed by atoms with Gasteiger partial charge in [-0.1, -0.05) is 0 Å². The smallest absolute Gasteiger partial charge is 0.0935 e. The molecule has 0 radical (unpaired) electrons. The number of hydrogen-bond donors (Lipinski definition) is 0. The fourth-order valence-electron chi connectivity index (χ4n) is 1.39. The summed E-state index contributed by atoms with van der Waals surface area (Å²) in [6.45, 7) is 4.36. The minimum Gasteiger partial charge on any atom is -0.382 e. The first-order valence-electron chi connectivity index (χ1n) is 4.25. The van der Waals surface area contributed by atoms with Crippen LogP contribution < -0.4 is 0 Å². The number of nitrogens with zero attached hydrogens (tertiary/aromatic N) is 1. The molecule has 0 aromatic heterocycles. The summed E-state index contributed by atoms with van der Waals surface area (Å²) in [5.41, 5.74) is 0. The Morgan fingerprint density at radius 3 is 3.17 bits per heavy atom. The van der Waals surface area contributed by atoms with E-state index in [1.165, 1.54) is 0 Å². The van der Waals surface area contributed by atoms with E-state index in [1.54, 1.807) is 7.11 Å². The average molecular weight is 194 g/mol. The summed E-state index contributed by atoms with van der Waals surface area (Å²) in [4.78, 5) is 2.31. The lowest BCUT2D eigenvalue weighted by molar-refractivity contribution is -0.0593. The molecule has 0 bridgehead atoms. The van der Waals surface area contributed by atoms with Crippen LogP contribution in [0.15, 0.2) is 0 Å². The fraction of sp³-hybridized carbons (Fsp3) is 1.00. The number of rotatable bonds is 4. The molecule has 1 atom stereocenters. The molecule has 4 heteroatoms. The van der Waals surface area contributed by atoms with Crippen molar-refractivity contribution in [2.45, 2.75) is 6.10 Å². The van der Waals surface area contributed by atoms with Gasteiger partial charge in [-0.25, -0.2) is 0 Å². The van der Waals surface area contributed by atoms with Crippen LogP contribution in [-0.4, -0.2) is 56.8 Å². The summed E-state index contributed by atoms with van der Waals surface area (Å²) in [6.07, 6.45) is 0.229. The number of ether oxygens (including phenoxy) is 2. The molecule has 0 aromatic rings. The second-order valence-electron chi connectivity index (χ2n) is 2.94. The lowest BCUT2D eigenvalue weighted by Gasteiger charge is -2.31. The van der Waals surface area contributed by atoms with E-state index in [0.29, 0.717) is 12.5 Å². The minimum absolute atomic E-state index is 0.229. The summed E-state index contributed by atoms with van der Waals surface area (Å²) >= 11 is 5.65. The van der Waals surface area contributed by atoms with Crippen LogP contribution in [0, 0.1) is 0 Å². The molecule has 1 saturated heterocycles. The predicted molar refractivity (Wildman–Crippen MR) is 48.8 cm³/mol. The molecule has 0 aliphatic carbocycles. The molecule has 0 aromatic carbocycles. The predicted octanol–water partition coefficient (Wildman–Crippen LogP) is 0.572.